The second kappa shape index (κ2) is 10.5. The van der Waals surface area contributed by atoms with Crippen molar-refractivity contribution in [3.05, 3.63) is 54.1 Å². The van der Waals surface area contributed by atoms with Crippen molar-refractivity contribution in [3.63, 3.8) is 0 Å². The van der Waals surface area contributed by atoms with Gasteiger partial charge in [0.1, 0.15) is 5.75 Å². The number of phenols is 1. The highest BCUT2D eigenvalue weighted by Crippen LogP contribution is 2.26. The highest BCUT2D eigenvalue weighted by Gasteiger charge is 2.28. The van der Waals surface area contributed by atoms with E-state index >= 15 is 0 Å². The Morgan fingerprint density at radius 3 is 2.77 bits per heavy atom. The van der Waals surface area contributed by atoms with Gasteiger partial charge in [0, 0.05) is 19.6 Å². The van der Waals surface area contributed by atoms with Crippen molar-refractivity contribution in [3.8, 4) is 17.2 Å². The number of piperidine rings is 1. The molecule has 1 heterocycles. The number of likely N-dealkylation sites (tertiary alicyclic amines) is 1. The van der Waals surface area contributed by atoms with E-state index in [9.17, 15) is 14.7 Å². The molecule has 2 N–H and O–H groups in total. The molecule has 160 valence electrons. The van der Waals surface area contributed by atoms with E-state index in [2.05, 4.69) is 5.32 Å². The van der Waals surface area contributed by atoms with E-state index in [1.165, 1.54) is 7.11 Å². The topological polar surface area (TPSA) is 88.1 Å². The number of hydrogen-bond acceptors (Lipinski definition) is 5. The van der Waals surface area contributed by atoms with E-state index in [0.29, 0.717) is 32.0 Å². The zero-order valence-corrected chi connectivity index (χ0v) is 17.2. The van der Waals surface area contributed by atoms with Gasteiger partial charge in [0.15, 0.2) is 11.5 Å². The van der Waals surface area contributed by atoms with Gasteiger partial charge in [-0.15, -0.1) is 0 Å². The van der Waals surface area contributed by atoms with Gasteiger partial charge in [-0.2, -0.15) is 0 Å². The third kappa shape index (κ3) is 5.89. The summed E-state index contributed by atoms with van der Waals surface area (Å²) in [6, 6.07) is 14.4. The van der Waals surface area contributed by atoms with Crippen LogP contribution >= 0.6 is 0 Å². The van der Waals surface area contributed by atoms with Gasteiger partial charge < -0.3 is 24.8 Å². The summed E-state index contributed by atoms with van der Waals surface area (Å²) in [5.74, 6) is 0.884. The quantitative estimate of drug-likeness (QED) is 0.696. The summed E-state index contributed by atoms with van der Waals surface area (Å²) in [6.45, 7) is 1.75. The standard InChI is InChI=1S/C23H28N2O5/c1-29-21-14-17(9-10-20(21)26)15-24-23(28)18-6-5-12-25(16-18)22(27)11-13-30-19-7-3-2-4-8-19/h2-4,7-10,14,18,26H,5-6,11-13,15-16H2,1H3,(H,24,28). The summed E-state index contributed by atoms with van der Waals surface area (Å²) >= 11 is 0. The Balaban J connectivity index is 1.45. The van der Waals surface area contributed by atoms with Crippen LogP contribution in [0.2, 0.25) is 0 Å². The molecule has 0 aromatic heterocycles. The minimum Gasteiger partial charge on any atom is -0.504 e. The van der Waals surface area contributed by atoms with Crippen molar-refractivity contribution >= 4 is 11.8 Å². The van der Waals surface area contributed by atoms with E-state index < -0.39 is 0 Å². The first-order valence-corrected chi connectivity index (χ1v) is 10.2. The Labute approximate surface area is 176 Å². The summed E-state index contributed by atoms with van der Waals surface area (Å²) in [4.78, 5) is 26.9. The molecule has 1 aliphatic heterocycles. The molecule has 1 unspecified atom stereocenters. The molecule has 0 radical (unpaired) electrons. The fourth-order valence-corrected chi connectivity index (χ4v) is 3.51. The number of amides is 2. The van der Waals surface area contributed by atoms with Crippen LogP contribution in [0.3, 0.4) is 0 Å². The van der Waals surface area contributed by atoms with Gasteiger partial charge in [-0.05, 0) is 42.7 Å². The minimum atomic E-state index is -0.225. The number of methoxy groups -OCH3 is 1. The molecule has 7 heteroatoms. The number of benzene rings is 2. The molecule has 2 aromatic rings. The van der Waals surface area contributed by atoms with Crippen LogP contribution in [0.4, 0.5) is 0 Å². The van der Waals surface area contributed by atoms with Crippen molar-refractivity contribution in [1.82, 2.24) is 10.2 Å². The molecule has 2 amide bonds. The number of aromatic hydroxyl groups is 1. The van der Waals surface area contributed by atoms with Crippen molar-refractivity contribution in [2.24, 2.45) is 5.92 Å². The Hall–Kier alpha value is -3.22. The van der Waals surface area contributed by atoms with Crippen LogP contribution < -0.4 is 14.8 Å². The van der Waals surface area contributed by atoms with E-state index in [1.54, 1.807) is 23.1 Å². The first-order valence-electron chi connectivity index (χ1n) is 10.2. The fourth-order valence-electron chi connectivity index (χ4n) is 3.51. The molecule has 1 saturated heterocycles. The molecule has 3 rings (SSSR count). The van der Waals surface area contributed by atoms with Crippen molar-refractivity contribution in [2.45, 2.75) is 25.8 Å². The third-order valence-electron chi connectivity index (χ3n) is 5.18. The molecule has 2 aromatic carbocycles. The molecular formula is C23H28N2O5. The van der Waals surface area contributed by atoms with Crippen LogP contribution in [0.1, 0.15) is 24.8 Å². The van der Waals surface area contributed by atoms with Gasteiger partial charge in [-0.3, -0.25) is 9.59 Å². The predicted molar refractivity (Wildman–Crippen MR) is 112 cm³/mol. The van der Waals surface area contributed by atoms with E-state index in [0.717, 1.165) is 24.2 Å². The highest BCUT2D eigenvalue weighted by atomic mass is 16.5. The van der Waals surface area contributed by atoms with Crippen LogP contribution in [0.25, 0.3) is 0 Å². The maximum Gasteiger partial charge on any atom is 0.226 e. The monoisotopic (exact) mass is 412 g/mol. The number of ether oxygens (including phenoxy) is 2. The molecule has 1 atom stereocenters. The number of nitrogens with one attached hydrogen (secondary N) is 1. The molecular weight excluding hydrogens is 384 g/mol. The van der Waals surface area contributed by atoms with Crippen LogP contribution in [0.15, 0.2) is 48.5 Å². The van der Waals surface area contributed by atoms with E-state index in [4.69, 9.17) is 9.47 Å². The molecule has 0 spiro atoms. The molecule has 30 heavy (non-hydrogen) atoms. The maximum absolute atomic E-state index is 12.6. The summed E-state index contributed by atoms with van der Waals surface area (Å²) in [6.07, 6.45) is 1.85. The van der Waals surface area contributed by atoms with Crippen LogP contribution in [0, 0.1) is 5.92 Å². The number of para-hydroxylation sites is 1. The molecule has 7 nitrogen and oxygen atoms in total. The molecule has 0 saturated carbocycles. The van der Waals surface area contributed by atoms with Gasteiger partial charge in [0.2, 0.25) is 11.8 Å². The SMILES string of the molecule is COc1cc(CNC(=O)C2CCCN(C(=O)CCOc3ccccc3)C2)ccc1O. The fraction of sp³-hybridized carbons (Fsp3) is 0.391. The van der Waals surface area contributed by atoms with Crippen LogP contribution in [0.5, 0.6) is 17.2 Å². The zero-order valence-electron chi connectivity index (χ0n) is 17.2. The number of carbonyl (C=O) groups excluding carboxylic acids is 2. The smallest absolute Gasteiger partial charge is 0.226 e. The lowest BCUT2D eigenvalue weighted by Gasteiger charge is -2.32. The first-order chi connectivity index (χ1) is 14.6. The van der Waals surface area contributed by atoms with Gasteiger partial charge in [-0.25, -0.2) is 0 Å². The maximum atomic E-state index is 12.6. The average Bonchev–Trinajstić information content (AvgIpc) is 2.79. The minimum absolute atomic E-state index is 0.00621. The van der Waals surface area contributed by atoms with Crippen molar-refractivity contribution in [1.29, 1.82) is 0 Å². The number of phenolic OH excluding ortho intramolecular Hbond substituents is 1. The predicted octanol–water partition coefficient (Wildman–Crippen LogP) is 2.72. The van der Waals surface area contributed by atoms with Gasteiger partial charge in [0.25, 0.3) is 0 Å². The molecule has 0 bridgehead atoms. The lowest BCUT2D eigenvalue weighted by Crippen LogP contribution is -2.45. The number of hydrogen-bond donors (Lipinski definition) is 2. The van der Waals surface area contributed by atoms with Gasteiger partial charge >= 0.3 is 0 Å². The second-order valence-electron chi connectivity index (χ2n) is 7.31. The number of rotatable bonds is 8. The Bertz CT molecular complexity index is 856. The van der Waals surface area contributed by atoms with E-state index in [1.807, 2.05) is 30.3 Å². The lowest BCUT2D eigenvalue weighted by molar-refractivity contribution is -0.136. The second-order valence-corrected chi connectivity index (χ2v) is 7.31. The third-order valence-corrected chi connectivity index (χ3v) is 5.18. The average molecular weight is 412 g/mol. The summed E-state index contributed by atoms with van der Waals surface area (Å²) in [5.41, 5.74) is 0.833. The molecule has 1 fully saturated rings. The number of carbonyl (C=O) groups is 2. The Kier molecular flexibility index (Phi) is 7.54. The summed E-state index contributed by atoms with van der Waals surface area (Å²) in [5, 5.41) is 12.6. The zero-order chi connectivity index (χ0) is 21.3. The van der Waals surface area contributed by atoms with Crippen LogP contribution in [-0.4, -0.2) is 48.6 Å². The van der Waals surface area contributed by atoms with Crippen molar-refractivity contribution in [2.75, 3.05) is 26.8 Å². The summed E-state index contributed by atoms with van der Waals surface area (Å²) < 4.78 is 10.7. The molecule has 0 aliphatic carbocycles. The van der Waals surface area contributed by atoms with Gasteiger partial charge in [-0.1, -0.05) is 24.3 Å². The first kappa shape index (κ1) is 21.5. The highest BCUT2D eigenvalue weighted by molar-refractivity contribution is 5.81. The summed E-state index contributed by atoms with van der Waals surface area (Å²) in [7, 11) is 1.48. The lowest BCUT2D eigenvalue weighted by atomic mass is 9.96. The largest absolute Gasteiger partial charge is 0.504 e. The van der Waals surface area contributed by atoms with E-state index in [-0.39, 0.29) is 29.9 Å². The van der Waals surface area contributed by atoms with Crippen molar-refractivity contribution < 1.29 is 24.2 Å². The van der Waals surface area contributed by atoms with Gasteiger partial charge in [0.05, 0.1) is 26.1 Å². The Morgan fingerprint density at radius 1 is 1.20 bits per heavy atom. The normalized spacial score (nSPS) is 16.0. The number of nitrogens with zero attached hydrogens (tertiary/aromatic N) is 1. The molecule has 1 aliphatic rings. The Morgan fingerprint density at radius 2 is 2.00 bits per heavy atom. The van der Waals surface area contributed by atoms with Crippen LogP contribution in [-0.2, 0) is 16.1 Å².